The van der Waals surface area contributed by atoms with Crippen molar-refractivity contribution in [2.75, 3.05) is 6.26 Å². The van der Waals surface area contributed by atoms with Crippen LogP contribution in [0.2, 0.25) is 18.1 Å². The van der Waals surface area contributed by atoms with Gasteiger partial charge >= 0.3 is 5.97 Å². The van der Waals surface area contributed by atoms with E-state index in [1.165, 1.54) is 28.4 Å². The minimum Gasteiger partial charge on any atom is -0.477 e. The van der Waals surface area contributed by atoms with Gasteiger partial charge in [-0.05, 0) is 30.8 Å². The molecule has 1 fully saturated rings. The Kier molecular flexibility index (Phi) is 5.55. The standard InChI is InChI=1S/C16H27NO4S2Si/c1-8-9(21-24(6,7)16(2,3)4)10-12(18)17-11(14(19)20)15(22-5)23-13(10)17/h9-10,13H,8H2,1-7H3,(H,19,20)/t9-,10-,13-/m1/s1. The first-order chi connectivity index (χ1) is 11.0. The van der Waals surface area contributed by atoms with Crippen LogP contribution in [0.1, 0.15) is 34.1 Å². The Labute approximate surface area is 153 Å². The van der Waals surface area contributed by atoms with E-state index in [-0.39, 0.29) is 34.0 Å². The SMILES string of the molecule is CC[C@@H](O[Si](C)(C)C(C)(C)C)[C@@H]1C(=O)N2C(C(=O)O)=C(SC)S[C@H]12. The summed E-state index contributed by atoms with van der Waals surface area (Å²) in [5, 5.41) is 9.36. The summed E-state index contributed by atoms with van der Waals surface area (Å²) in [6.07, 6.45) is 2.45. The zero-order chi connectivity index (χ0) is 18.4. The van der Waals surface area contributed by atoms with Gasteiger partial charge in [0.25, 0.3) is 0 Å². The van der Waals surface area contributed by atoms with E-state index in [0.29, 0.717) is 4.24 Å². The molecule has 1 N–H and O–H groups in total. The molecular formula is C16H27NO4S2Si. The first-order valence-electron chi connectivity index (χ1n) is 8.15. The lowest BCUT2D eigenvalue weighted by Crippen LogP contribution is -2.63. The minimum atomic E-state index is -1.99. The van der Waals surface area contributed by atoms with Crippen molar-refractivity contribution in [1.29, 1.82) is 0 Å². The van der Waals surface area contributed by atoms with Gasteiger partial charge in [0.2, 0.25) is 5.91 Å². The molecule has 2 rings (SSSR count). The number of carboxylic acid groups (broad SMARTS) is 1. The number of thioether (sulfide) groups is 2. The van der Waals surface area contributed by atoms with E-state index in [1.54, 1.807) is 0 Å². The highest BCUT2D eigenvalue weighted by molar-refractivity contribution is 8.22. The van der Waals surface area contributed by atoms with Gasteiger partial charge < -0.3 is 9.53 Å². The van der Waals surface area contributed by atoms with Crippen molar-refractivity contribution >= 4 is 43.7 Å². The van der Waals surface area contributed by atoms with Gasteiger partial charge in [-0.1, -0.05) is 39.5 Å². The van der Waals surface area contributed by atoms with Gasteiger partial charge in [-0.25, -0.2) is 4.79 Å². The third kappa shape index (κ3) is 3.18. The average molecular weight is 390 g/mol. The highest BCUT2D eigenvalue weighted by atomic mass is 32.2. The molecule has 136 valence electrons. The normalized spacial score (nSPS) is 25.6. The summed E-state index contributed by atoms with van der Waals surface area (Å²) in [5.41, 5.74) is 0.140. The molecule has 2 aliphatic rings. The molecule has 1 amide bonds. The maximum Gasteiger partial charge on any atom is 0.354 e. The molecule has 0 aromatic carbocycles. The summed E-state index contributed by atoms with van der Waals surface area (Å²) in [5.74, 6) is -1.40. The maximum atomic E-state index is 12.7. The topological polar surface area (TPSA) is 66.8 Å². The molecule has 3 atom stereocenters. The zero-order valence-electron chi connectivity index (χ0n) is 15.4. The van der Waals surface area contributed by atoms with Crippen molar-refractivity contribution in [3.05, 3.63) is 9.93 Å². The lowest BCUT2D eigenvalue weighted by atomic mass is 9.90. The number of fused-ring (bicyclic) bond motifs is 1. The summed E-state index contributed by atoms with van der Waals surface area (Å²) in [6, 6.07) is 0. The summed E-state index contributed by atoms with van der Waals surface area (Å²) in [6.45, 7) is 13.0. The number of aliphatic carboxylic acids is 1. The predicted molar refractivity (Wildman–Crippen MR) is 102 cm³/mol. The third-order valence-electron chi connectivity index (χ3n) is 5.19. The first-order valence-corrected chi connectivity index (χ1v) is 13.2. The summed E-state index contributed by atoms with van der Waals surface area (Å²) < 4.78 is 7.22. The van der Waals surface area contributed by atoms with Crippen molar-refractivity contribution in [3.63, 3.8) is 0 Å². The molecule has 0 unspecified atom stereocenters. The molecule has 0 spiro atoms. The van der Waals surface area contributed by atoms with E-state index in [2.05, 4.69) is 33.9 Å². The number of carbonyl (C=O) groups is 2. The largest absolute Gasteiger partial charge is 0.477 e. The Balaban J connectivity index is 2.21. The predicted octanol–water partition coefficient (Wildman–Crippen LogP) is 3.93. The van der Waals surface area contributed by atoms with Crippen molar-refractivity contribution in [3.8, 4) is 0 Å². The maximum absolute atomic E-state index is 12.7. The fourth-order valence-electron chi connectivity index (χ4n) is 2.76. The van der Waals surface area contributed by atoms with Gasteiger partial charge in [0.1, 0.15) is 5.37 Å². The molecule has 0 bridgehead atoms. The lowest BCUT2D eigenvalue weighted by molar-refractivity contribution is -0.156. The molecule has 0 aromatic rings. The summed E-state index contributed by atoms with van der Waals surface area (Å²) in [7, 11) is -1.99. The molecule has 0 aromatic heterocycles. The van der Waals surface area contributed by atoms with E-state index < -0.39 is 14.3 Å². The second-order valence-corrected chi connectivity index (χ2v) is 14.7. The number of hydrogen-bond donors (Lipinski definition) is 1. The van der Waals surface area contributed by atoms with Crippen LogP contribution in [-0.4, -0.2) is 47.9 Å². The monoisotopic (exact) mass is 389 g/mol. The minimum absolute atomic E-state index is 0.0740. The lowest BCUT2D eigenvalue weighted by Gasteiger charge is -2.48. The van der Waals surface area contributed by atoms with E-state index in [9.17, 15) is 14.7 Å². The Hall–Kier alpha value is -0.443. The van der Waals surface area contributed by atoms with Crippen LogP contribution in [0.25, 0.3) is 0 Å². The molecule has 2 aliphatic heterocycles. The smallest absolute Gasteiger partial charge is 0.354 e. The summed E-state index contributed by atoms with van der Waals surface area (Å²) >= 11 is 2.88. The Morgan fingerprint density at radius 1 is 1.46 bits per heavy atom. The van der Waals surface area contributed by atoms with Crippen LogP contribution < -0.4 is 0 Å². The van der Waals surface area contributed by atoms with Crippen molar-refractivity contribution in [2.45, 2.75) is 63.7 Å². The number of hydrogen-bond acceptors (Lipinski definition) is 5. The van der Waals surface area contributed by atoms with Gasteiger partial charge in [-0.3, -0.25) is 9.69 Å². The fourth-order valence-corrected chi connectivity index (χ4v) is 6.51. The van der Waals surface area contributed by atoms with Crippen molar-refractivity contribution in [1.82, 2.24) is 4.90 Å². The summed E-state index contributed by atoms with van der Waals surface area (Å²) in [4.78, 5) is 25.7. The quantitative estimate of drug-likeness (QED) is 0.548. The number of carboxylic acids is 1. The fraction of sp³-hybridized carbons (Fsp3) is 0.750. The van der Waals surface area contributed by atoms with E-state index in [1.807, 2.05) is 13.2 Å². The molecule has 8 heteroatoms. The van der Waals surface area contributed by atoms with E-state index >= 15 is 0 Å². The molecule has 24 heavy (non-hydrogen) atoms. The van der Waals surface area contributed by atoms with Gasteiger partial charge in [0.05, 0.1) is 16.3 Å². The first kappa shape index (κ1) is 19.9. The second-order valence-electron chi connectivity index (χ2n) is 7.71. The molecule has 0 aliphatic carbocycles. The molecule has 2 heterocycles. The molecular weight excluding hydrogens is 362 g/mol. The Morgan fingerprint density at radius 2 is 2.04 bits per heavy atom. The zero-order valence-corrected chi connectivity index (χ0v) is 18.0. The van der Waals surface area contributed by atoms with Crippen LogP contribution in [0.15, 0.2) is 9.93 Å². The van der Waals surface area contributed by atoms with Crippen LogP contribution in [0, 0.1) is 5.92 Å². The Bertz CT molecular complexity index is 585. The highest BCUT2D eigenvalue weighted by Crippen LogP contribution is 2.54. The van der Waals surface area contributed by atoms with Crippen LogP contribution in [0.3, 0.4) is 0 Å². The number of amides is 1. The van der Waals surface area contributed by atoms with Gasteiger partial charge in [-0.2, -0.15) is 0 Å². The molecule has 0 radical (unpaired) electrons. The second kappa shape index (κ2) is 6.70. The van der Waals surface area contributed by atoms with Gasteiger partial charge in [0, 0.05) is 0 Å². The molecule has 1 saturated heterocycles. The van der Waals surface area contributed by atoms with Gasteiger partial charge in [0.15, 0.2) is 14.0 Å². The van der Waals surface area contributed by atoms with Crippen molar-refractivity contribution in [2.24, 2.45) is 5.92 Å². The molecule has 5 nitrogen and oxygen atoms in total. The van der Waals surface area contributed by atoms with E-state index in [0.717, 1.165) is 6.42 Å². The number of rotatable bonds is 6. The molecule has 0 saturated carbocycles. The third-order valence-corrected chi connectivity index (χ3v) is 12.2. The van der Waals surface area contributed by atoms with Crippen LogP contribution >= 0.6 is 23.5 Å². The van der Waals surface area contributed by atoms with Crippen LogP contribution in [0.5, 0.6) is 0 Å². The van der Waals surface area contributed by atoms with Crippen molar-refractivity contribution < 1.29 is 19.1 Å². The van der Waals surface area contributed by atoms with Crippen LogP contribution in [0.4, 0.5) is 0 Å². The number of nitrogens with zero attached hydrogens (tertiary/aromatic N) is 1. The van der Waals surface area contributed by atoms with E-state index in [4.69, 9.17) is 4.43 Å². The number of β-lactam (4-membered cyclic amide) rings is 1. The average Bonchev–Trinajstić information content (AvgIpc) is 2.79. The van der Waals surface area contributed by atoms with Gasteiger partial charge in [-0.15, -0.1) is 11.8 Å². The highest BCUT2D eigenvalue weighted by Gasteiger charge is 2.59. The number of carbonyl (C=O) groups excluding carboxylic acids is 1. The van der Waals surface area contributed by atoms with Crippen LogP contribution in [-0.2, 0) is 14.0 Å². The Morgan fingerprint density at radius 3 is 2.46 bits per heavy atom.